The molecule has 0 heterocycles. The Morgan fingerprint density at radius 2 is 0.557 bits per heavy atom. The Hall–Kier alpha value is -4.22. The maximum atomic E-state index is 11.8. The molecule has 2 N–H and O–H groups in total. The van der Waals surface area contributed by atoms with E-state index in [4.69, 9.17) is 0 Å². The second kappa shape index (κ2) is 17.9. The van der Waals surface area contributed by atoms with Crippen LogP contribution in [0.2, 0.25) is 0 Å². The summed E-state index contributed by atoms with van der Waals surface area (Å²) < 4.78 is 0. The highest BCUT2D eigenvalue weighted by atomic mass is 31.2. The van der Waals surface area contributed by atoms with Gasteiger partial charge in [-0.2, -0.15) is 0 Å². The molecule has 0 spiro atoms. The summed E-state index contributed by atoms with van der Waals surface area (Å²) in [6.07, 6.45) is 4.97. The molecule has 0 saturated heterocycles. The highest BCUT2D eigenvalue weighted by Gasteiger charge is 2.48. The van der Waals surface area contributed by atoms with Gasteiger partial charge in [0.15, 0.2) is 0 Å². The van der Waals surface area contributed by atoms with Gasteiger partial charge in [-0.25, -0.2) is 0 Å². The maximum Gasteiger partial charge on any atom is 0.123 e. The van der Waals surface area contributed by atoms with E-state index in [9.17, 15) is 10.2 Å². The molecule has 6 aromatic carbocycles. The van der Waals surface area contributed by atoms with Gasteiger partial charge in [-0.05, 0) is 128 Å². The van der Waals surface area contributed by atoms with Gasteiger partial charge in [0, 0.05) is 6.42 Å². The summed E-state index contributed by atoms with van der Waals surface area (Å²) in [4.78, 5) is 0. The number of phenols is 2. The molecule has 6 rings (SSSR count). The van der Waals surface area contributed by atoms with E-state index in [-0.39, 0.29) is 21.7 Å². The first-order valence-corrected chi connectivity index (χ1v) is 26.6. The number of hydrogen-bond acceptors (Lipinski definition) is 2. The first-order valence-electron chi connectivity index (χ1n) is 22.3. The van der Waals surface area contributed by atoms with Crippen LogP contribution >= 0.6 is 14.5 Å². The van der Waals surface area contributed by atoms with Crippen molar-refractivity contribution in [3.05, 3.63) is 179 Å². The highest BCUT2D eigenvalue weighted by molar-refractivity contribution is 7.89. The largest absolute Gasteiger partial charge is 0.507 e. The zero-order chi connectivity index (χ0) is 44.4. The zero-order valence-electron chi connectivity index (χ0n) is 39.2. The van der Waals surface area contributed by atoms with Gasteiger partial charge in [-0.15, -0.1) is 0 Å². The zero-order valence-corrected chi connectivity index (χ0v) is 41.0. The Kier molecular flexibility index (Phi) is 13.6. The van der Waals surface area contributed by atoms with Crippen molar-refractivity contribution in [2.75, 3.05) is 12.3 Å². The van der Waals surface area contributed by atoms with Gasteiger partial charge >= 0.3 is 0 Å². The molecule has 0 bridgehead atoms. The van der Waals surface area contributed by atoms with E-state index in [0.29, 0.717) is 11.5 Å². The van der Waals surface area contributed by atoms with Crippen molar-refractivity contribution < 1.29 is 10.2 Å². The molecule has 0 aromatic heterocycles. The molecule has 2 nitrogen and oxygen atoms in total. The fourth-order valence-corrected chi connectivity index (χ4v) is 18.2. The van der Waals surface area contributed by atoms with Crippen LogP contribution in [0.15, 0.2) is 146 Å². The Morgan fingerprint density at radius 3 is 0.754 bits per heavy atom. The minimum atomic E-state index is -2.10. The summed E-state index contributed by atoms with van der Waals surface area (Å²) in [6.45, 7) is 26.6. The van der Waals surface area contributed by atoms with Crippen LogP contribution in [0.25, 0.3) is 0 Å². The molecule has 0 aliphatic rings. The lowest BCUT2D eigenvalue weighted by Crippen LogP contribution is -2.30. The van der Waals surface area contributed by atoms with Crippen LogP contribution in [0.1, 0.15) is 123 Å². The topological polar surface area (TPSA) is 40.5 Å². The predicted octanol–water partition coefficient (Wildman–Crippen LogP) is 13.7. The van der Waals surface area contributed by atoms with E-state index in [1.54, 1.807) is 0 Å². The third kappa shape index (κ3) is 10.2. The Bertz CT molecular complexity index is 2060. The van der Waals surface area contributed by atoms with Crippen molar-refractivity contribution in [1.82, 2.24) is 0 Å². The maximum absolute atomic E-state index is 11.8. The van der Waals surface area contributed by atoms with E-state index >= 15 is 0 Å². The molecule has 0 fully saturated rings. The van der Waals surface area contributed by atoms with Crippen molar-refractivity contribution in [1.29, 1.82) is 0 Å². The summed E-state index contributed by atoms with van der Waals surface area (Å²) in [5.41, 5.74) is 5.80. The van der Waals surface area contributed by atoms with Crippen LogP contribution in [0.3, 0.4) is 0 Å². The molecule has 61 heavy (non-hydrogen) atoms. The molecule has 0 aliphatic carbocycles. The van der Waals surface area contributed by atoms with Crippen LogP contribution in [0, 0.1) is 0 Å². The molecule has 6 aromatic rings. The highest BCUT2D eigenvalue weighted by Crippen LogP contribution is 2.64. The standard InChI is InChI=1S/C57H70O2P2/c1-54(2,3)48-36-42(37-49(52(48)58)55(4,5)6)40-60(44-26-17-13-18-27-44,45-28-19-14-20-29-45)34-25-35-61(46-30-21-15-22-31-46,47-32-23-16-24-33-47)41-43-38-50(56(7,8)9)53(59)51(39-43)57(10,11)12/h13-24,26-33,36-39H,25,34-35,40-41H2,1-12H3/p+2. The van der Waals surface area contributed by atoms with Crippen molar-refractivity contribution in [2.24, 2.45) is 0 Å². The molecule has 0 aliphatic heterocycles. The van der Waals surface area contributed by atoms with Gasteiger partial charge < -0.3 is 10.2 Å². The molecular formula is C57H72O2P2+2. The summed E-state index contributed by atoms with van der Waals surface area (Å²) in [5, 5.41) is 29.4. The third-order valence-corrected chi connectivity index (χ3v) is 21.7. The lowest BCUT2D eigenvalue weighted by molar-refractivity contribution is 0.422. The Balaban J connectivity index is 1.56. The first kappa shape index (κ1) is 46.3. The van der Waals surface area contributed by atoms with Crippen LogP contribution in [0.4, 0.5) is 0 Å². The van der Waals surface area contributed by atoms with Crippen molar-refractivity contribution in [2.45, 2.75) is 123 Å². The van der Waals surface area contributed by atoms with Crippen molar-refractivity contribution in [3.8, 4) is 11.5 Å². The summed E-state index contributed by atoms with van der Waals surface area (Å²) in [6, 6.07) is 54.7. The lowest BCUT2D eigenvalue weighted by Gasteiger charge is -2.33. The predicted molar refractivity (Wildman–Crippen MR) is 271 cm³/mol. The van der Waals surface area contributed by atoms with E-state index in [1.807, 2.05) is 0 Å². The number of rotatable bonds is 12. The van der Waals surface area contributed by atoms with E-state index < -0.39 is 14.5 Å². The first-order chi connectivity index (χ1) is 28.6. The molecule has 0 amide bonds. The molecule has 0 unspecified atom stereocenters. The monoisotopic (exact) mass is 850 g/mol. The summed E-state index contributed by atoms with van der Waals surface area (Å²) in [5.74, 6) is 0.872. The van der Waals surface area contributed by atoms with Gasteiger partial charge in [0.25, 0.3) is 0 Å². The van der Waals surface area contributed by atoms with Crippen LogP contribution in [0.5, 0.6) is 11.5 Å². The van der Waals surface area contributed by atoms with Crippen LogP contribution < -0.4 is 21.2 Å². The molecular weight excluding hydrogens is 779 g/mol. The number of hydrogen-bond donors (Lipinski definition) is 2. The number of aromatic hydroxyl groups is 2. The van der Waals surface area contributed by atoms with Gasteiger partial charge in [0.2, 0.25) is 0 Å². The van der Waals surface area contributed by atoms with E-state index in [1.165, 1.54) is 32.3 Å². The molecule has 0 radical (unpaired) electrons. The van der Waals surface area contributed by atoms with Crippen LogP contribution in [-0.2, 0) is 34.0 Å². The second-order valence-electron chi connectivity index (χ2n) is 21.5. The Morgan fingerprint density at radius 1 is 0.344 bits per heavy atom. The van der Waals surface area contributed by atoms with E-state index in [0.717, 1.165) is 53.3 Å². The number of benzene rings is 6. The minimum absolute atomic E-state index is 0.218. The van der Waals surface area contributed by atoms with Crippen LogP contribution in [-0.4, -0.2) is 22.5 Å². The van der Waals surface area contributed by atoms with Gasteiger partial charge in [0.05, 0.1) is 60.4 Å². The summed E-state index contributed by atoms with van der Waals surface area (Å²) >= 11 is 0. The minimum Gasteiger partial charge on any atom is -0.507 e. The van der Waals surface area contributed by atoms with Gasteiger partial charge in [-0.1, -0.05) is 156 Å². The fourth-order valence-electron chi connectivity index (χ4n) is 9.28. The molecule has 320 valence electrons. The molecule has 0 atom stereocenters. The van der Waals surface area contributed by atoms with Gasteiger partial charge in [0.1, 0.15) is 11.5 Å². The second-order valence-corrected chi connectivity index (χ2v) is 28.9. The quantitative estimate of drug-likeness (QED) is 0.120. The average molecular weight is 851 g/mol. The molecule has 4 heteroatoms. The smallest absolute Gasteiger partial charge is 0.123 e. The van der Waals surface area contributed by atoms with Gasteiger partial charge in [-0.3, -0.25) is 0 Å². The number of phenolic OH excluding ortho intramolecular Hbond substituents is 2. The summed E-state index contributed by atoms with van der Waals surface area (Å²) in [7, 11) is -4.19. The third-order valence-electron chi connectivity index (χ3n) is 12.6. The Labute approximate surface area is 370 Å². The molecule has 0 saturated carbocycles. The lowest BCUT2D eigenvalue weighted by atomic mass is 9.78. The average Bonchev–Trinajstić information content (AvgIpc) is 3.20. The fraction of sp³-hybridized carbons (Fsp3) is 0.368. The van der Waals surface area contributed by atoms with E-state index in [2.05, 4.69) is 229 Å². The SMILES string of the molecule is CC(C)(C)c1cc(C[P+](CCC[P+](Cc2cc(C(C)(C)C)c(O)c(C(C)(C)C)c2)(c2ccccc2)c2ccccc2)(c2ccccc2)c2ccccc2)cc(C(C)(C)C)c1O. The van der Waals surface area contributed by atoms with Crippen molar-refractivity contribution in [3.63, 3.8) is 0 Å². The van der Waals surface area contributed by atoms with Crippen molar-refractivity contribution >= 4 is 35.7 Å². The normalized spacial score (nSPS) is 13.0.